The van der Waals surface area contributed by atoms with E-state index in [2.05, 4.69) is 20.6 Å². The van der Waals surface area contributed by atoms with Crippen LogP contribution in [-0.4, -0.2) is 46.8 Å². The highest BCUT2D eigenvalue weighted by Crippen LogP contribution is 2.29. The van der Waals surface area contributed by atoms with Crippen molar-refractivity contribution in [1.29, 1.82) is 0 Å². The summed E-state index contributed by atoms with van der Waals surface area (Å²) in [5.41, 5.74) is 0.907. The molecular weight excluding hydrogens is 258 g/mol. The maximum absolute atomic E-state index is 11.9. The van der Waals surface area contributed by atoms with Crippen LogP contribution in [0.1, 0.15) is 31.7 Å². The predicted octanol–water partition coefficient (Wildman–Crippen LogP) is 0.811. The van der Waals surface area contributed by atoms with E-state index >= 15 is 0 Å². The van der Waals surface area contributed by atoms with Crippen molar-refractivity contribution in [2.75, 3.05) is 24.7 Å². The Morgan fingerprint density at radius 2 is 1.95 bits per heavy atom. The minimum absolute atomic E-state index is 0.158. The van der Waals surface area contributed by atoms with E-state index in [4.69, 9.17) is 0 Å². The molecule has 108 valence electrons. The quantitative estimate of drug-likeness (QED) is 0.792. The normalized spacial score (nSPS) is 18.9. The van der Waals surface area contributed by atoms with Gasteiger partial charge in [-0.2, -0.15) is 0 Å². The monoisotopic (exact) mass is 277 g/mol. The van der Waals surface area contributed by atoms with Gasteiger partial charge in [0.15, 0.2) is 0 Å². The number of aromatic nitrogens is 2. The van der Waals surface area contributed by atoms with Crippen LogP contribution >= 0.6 is 0 Å². The fourth-order valence-corrected chi connectivity index (χ4v) is 2.29. The van der Waals surface area contributed by atoms with Crippen LogP contribution in [0.25, 0.3) is 0 Å². The van der Waals surface area contributed by atoms with Crippen molar-refractivity contribution in [2.24, 2.45) is 0 Å². The first-order chi connectivity index (χ1) is 9.45. The first kappa shape index (κ1) is 14.2. The van der Waals surface area contributed by atoms with Crippen molar-refractivity contribution in [3.8, 4) is 0 Å². The lowest BCUT2D eigenvalue weighted by Gasteiger charge is -2.18. The van der Waals surface area contributed by atoms with Gasteiger partial charge in [-0.25, -0.2) is 9.97 Å². The predicted molar refractivity (Wildman–Crippen MR) is 75.5 cm³/mol. The number of nitrogens with one attached hydrogen (secondary N) is 2. The minimum atomic E-state index is -0.551. The van der Waals surface area contributed by atoms with Crippen molar-refractivity contribution in [3.05, 3.63) is 11.9 Å². The summed E-state index contributed by atoms with van der Waals surface area (Å²) in [7, 11) is 3.28. The lowest BCUT2D eigenvalue weighted by Crippen LogP contribution is -2.32. The smallest absolute Gasteiger partial charge is 0.251 e. The molecule has 2 amide bonds. The molecule has 1 aromatic heterocycles. The summed E-state index contributed by atoms with van der Waals surface area (Å²) >= 11 is 0. The van der Waals surface area contributed by atoms with Gasteiger partial charge in [0, 0.05) is 19.7 Å². The molecule has 0 aromatic carbocycles. The standard InChI is InChI=1S/C13H19N5O2/c1-7(2)10-11(14-3)15-6-16-12(10)17-8-5-9(19)18(4)13(8)20/h6-8H,5H2,1-4H3,(H2,14,15,16,17). The van der Waals surface area contributed by atoms with E-state index in [9.17, 15) is 9.59 Å². The maximum atomic E-state index is 11.9. The van der Waals surface area contributed by atoms with Gasteiger partial charge in [0.05, 0.1) is 6.42 Å². The number of amides is 2. The van der Waals surface area contributed by atoms with Gasteiger partial charge in [0.2, 0.25) is 5.91 Å². The van der Waals surface area contributed by atoms with E-state index in [-0.39, 0.29) is 24.2 Å². The maximum Gasteiger partial charge on any atom is 0.251 e. The SMILES string of the molecule is CNc1ncnc(NC2CC(=O)N(C)C2=O)c1C(C)C. The van der Waals surface area contributed by atoms with Crippen LogP contribution in [0.2, 0.25) is 0 Å². The molecule has 2 rings (SSSR count). The van der Waals surface area contributed by atoms with Crippen LogP contribution in [0.4, 0.5) is 11.6 Å². The van der Waals surface area contributed by atoms with E-state index in [1.54, 1.807) is 7.05 Å². The van der Waals surface area contributed by atoms with Gasteiger partial charge in [-0.05, 0) is 5.92 Å². The topological polar surface area (TPSA) is 87.2 Å². The van der Waals surface area contributed by atoms with Gasteiger partial charge in [-0.15, -0.1) is 0 Å². The second kappa shape index (κ2) is 5.44. The third-order valence-corrected chi connectivity index (χ3v) is 3.39. The van der Waals surface area contributed by atoms with Crippen LogP contribution in [0.15, 0.2) is 6.33 Å². The van der Waals surface area contributed by atoms with Crippen molar-refractivity contribution in [2.45, 2.75) is 32.2 Å². The highest BCUT2D eigenvalue weighted by atomic mass is 16.2. The van der Waals surface area contributed by atoms with Gasteiger partial charge in [0.25, 0.3) is 5.91 Å². The lowest BCUT2D eigenvalue weighted by molar-refractivity contribution is -0.136. The molecule has 1 saturated heterocycles. The largest absolute Gasteiger partial charge is 0.373 e. The van der Waals surface area contributed by atoms with Gasteiger partial charge in [0.1, 0.15) is 24.0 Å². The summed E-state index contributed by atoms with van der Waals surface area (Å²) in [5.74, 6) is 1.10. The van der Waals surface area contributed by atoms with Crippen molar-refractivity contribution in [1.82, 2.24) is 14.9 Å². The number of carbonyl (C=O) groups excluding carboxylic acids is 2. The Morgan fingerprint density at radius 3 is 2.45 bits per heavy atom. The third kappa shape index (κ3) is 2.43. The molecule has 0 aliphatic carbocycles. The summed E-state index contributed by atoms with van der Waals surface area (Å²) in [6.45, 7) is 4.05. The Labute approximate surface area is 117 Å². The number of nitrogens with zero attached hydrogens (tertiary/aromatic N) is 3. The summed E-state index contributed by atoms with van der Waals surface area (Å²) in [4.78, 5) is 33.0. The summed E-state index contributed by atoms with van der Waals surface area (Å²) in [6, 6.07) is -0.551. The highest BCUT2D eigenvalue weighted by Gasteiger charge is 2.36. The molecule has 7 nitrogen and oxygen atoms in total. The molecule has 2 N–H and O–H groups in total. The number of anilines is 2. The third-order valence-electron chi connectivity index (χ3n) is 3.39. The van der Waals surface area contributed by atoms with Crippen LogP contribution in [-0.2, 0) is 9.59 Å². The van der Waals surface area contributed by atoms with E-state index in [0.29, 0.717) is 5.82 Å². The van der Waals surface area contributed by atoms with Gasteiger partial charge < -0.3 is 10.6 Å². The molecule has 1 aromatic rings. The zero-order chi connectivity index (χ0) is 14.9. The molecule has 1 unspecified atom stereocenters. The molecule has 1 fully saturated rings. The Morgan fingerprint density at radius 1 is 1.30 bits per heavy atom. The van der Waals surface area contributed by atoms with Crippen molar-refractivity contribution < 1.29 is 9.59 Å². The fourth-order valence-electron chi connectivity index (χ4n) is 2.29. The van der Waals surface area contributed by atoms with Crippen molar-refractivity contribution in [3.63, 3.8) is 0 Å². The van der Waals surface area contributed by atoms with Crippen LogP contribution in [0.5, 0.6) is 0 Å². The number of hydrogen-bond acceptors (Lipinski definition) is 6. The zero-order valence-electron chi connectivity index (χ0n) is 12.1. The molecule has 0 spiro atoms. The Kier molecular flexibility index (Phi) is 3.87. The number of likely N-dealkylation sites (tertiary alicyclic amines) is 1. The van der Waals surface area contributed by atoms with E-state index in [1.165, 1.54) is 13.4 Å². The molecule has 20 heavy (non-hydrogen) atoms. The molecule has 1 atom stereocenters. The molecule has 1 aliphatic rings. The molecule has 7 heteroatoms. The highest BCUT2D eigenvalue weighted by molar-refractivity contribution is 6.06. The average molecular weight is 277 g/mol. The van der Waals surface area contributed by atoms with Crippen LogP contribution in [0, 0.1) is 0 Å². The Bertz CT molecular complexity index is 544. The molecule has 2 heterocycles. The fraction of sp³-hybridized carbons (Fsp3) is 0.538. The zero-order valence-corrected chi connectivity index (χ0v) is 12.1. The van der Waals surface area contributed by atoms with Crippen molar-refractivity contribution >= 4 is 23.5 Å². The molecular formula is C13H19N5O2. The first-order valence-electron chi connectivity index (χ1n) is 6.55. The number of likely N-dealkylation sites (N-methyl/N-ethyl adjacent to an activating group) is 1. The Balaban J connectivity index is 2.30. The average Bonchev–Trinajstić information content (AvgIpc) is 2.65. The Hall–Kier alpha value is -2.18. The second-order valence-corrected chi connectivity index (χ2v) is 5.08. The summed E-state index contributed by atoms with van der Waals surface area (Å²) < 4.78 is 0. The van der Waals surface area contributed by atoms with Gasteiger partial charge >= 0.3 is 0 Å². The number of imide groups is 1. The second-order valence-electron chi connectivity index (χ2n) is 5.08. The minimum Gasteiger partial charge on any atom is -0.373 e. The van der Waals surface area contributed by atoms with Gasteiger partial charge in [-0.3, -0.25) is 14.5 Å². The number of carbonyl (C=O) groups is 2. The summed E-state index contributed by atoms with van der Waals surface area (Å²) in [6.07, 6.45) is 1.59. The van der Waals surface area contributed by atoms with E-state index < -0.39 is 6.04 Å². The molecule has 1 aliphatic heterocycles. The van der Waals surface area contributed by atoms with Gasteiger partial charge in [-0.1, -0.05) is 13.8 Å². The molecule has 0 saturated carbocycles. The summed E-state index contributed by atoms with van der Waals surface area (Å²) in [5, 5.41) is 6.09. The van der Waals surface area contributed by atoms with E-state index in [0.717, 1.165) is 16.3 Å². The number of rotatable bonds is 4. The molecule has 0 bridgehead atoms. The van der Waals surface area contributed by atoms with E-state index in [1.807, 2.05) is 13.8 Å². The lowest BCUT2D eigenvalue weighted by atomic mass is 10.0. The number of hydrogen-bond donors (Lipinski definition) is 2. The van der Waals surface area contributed by atoms with Crippen LogP contribution < -0.4 is 10.6 Å². The van der Waals surface area contributed by atoms with Crippen LogP contribution in [0.3, 0.4) is 0 Å². The molecule has 0 radical (unpaired) electrons. The first-order valence-corrected chi connectivity index (χ1v) is 6.55.